The van der Waals surface area contributed by atoms with Crippen LogP contribution in [-0.4, -0.2) is 48.9 Å². The van der Waals surface area contributed by atoms with E-state index in [-0.39, 0.29) is 18.4 Å². The predicted octanol–water partition coefficient (Wildman–Crippen LogP) is -0.0774. The molecule has 98 valence electrons. The van der Waals surface area contributed by atoms with Gasteiger partial charge in [0.1, 0.15) is 12.6 Å². The standard InChI is InChI=1S/C11H20N2O4/c1-5-6-13(7-10(15)17-4)11(16)8(2)12-9(3)14/h8H,5-7H2,1-4H3,(H,12,14). The number of nitrogens with one attached hydrogen (secondary N) is 1. The molecular weight excluding hydrogens is 224 g/mol. The molecule has 0 aliphatic carbocycles. The molecule has 0 aromatic heterocycles. The van der Waals surface area contributed by atoms with Crippen molar-refractivity contribution in [2.75, 3.05) is 20.2 Å². The van der Waals surface area contributed by atoms with Gasteiger partial charge in [0, 0.05) is 13.5 Å². The Bertz CT molecular complexity index is 291. The summed E-state index contributed by atoms with van der Waals surface area (Å²) in [5.74, 6) is -1.03. The number of rotatable bonds is 6. The minimum absolute atomic E-state index is 0.0902. The highest BCUT2D eigenvalue weighted by Crippen LogP contribution is 1.98. The zero-order valence-electron chi connectivity index (χ0n) is 10.8. The fourth-order valence-electron chi connectivity index (χ4n) is 1.40. The Kier molecular flexibility index (Phi) is 6.93. The molecule has 0 saturated carbocycles. The normalized spacial score (nSPS) is 11.5. The molecule has 2 amide bonds. The van der Waals surface area contributed by atoms with E-state index in [1.54, 1.807) is 6.92 Å². The first-order valence-corrected chi connectivity index (χ1v) is 5.55. The first-order chi connectivity index (χ1) is 7.92. The van der Waals surface area contributed by atoms with Gasteiger partial charge >= 0.3 is 5.97 Å². The second-order valence-electron chi connectivity index (χ2n) is 3.76. The summed E-state index contributed by atoms with van der Waals surface area (Å²) in [4.78, 5) is 35.3. The lowest BCUT2D eigenvalue weighted by Crippen LogP contribution is -2.48. The van der Waals surface area contributed by atoms with Crippen molar-refractivity contribution in [3.05, 3.63) is 0 Å². The number of nitrogens with zero attached hydrogens (tertiary/aromatic N) is 1. The van der Waals surface area contributed by atoms with Crippen LogP contribution in [0.3, 0.4) is 0 Å². The minimum atomic E-state index is -0.635. The molecule has 0 saturated heterocycles. The summed E-state index contributed by atoms with van der Waals surface area (Å²) in [5.41, 5.74) is 0. The number of carbonyl (C=O) groups is 3. The van der Waals surface area contributed by atoms with Crippen molar-refractivity contribution < 1.29 is 19.1 Å². The molecule has 0 aromatic rings. The highest BCUT2D eigenvalue weighted by atomic mass is 16.5. The average molecular weight is 244 g/mol. The van der Waals surface area contributed by atoms with Crippen molar-refractivity contribution in [3.8, 4) is 0 Å². The fraction of sp³-hybridized carbons (Fsp3) is 0.727. The third-order valence-corrected chi connectivity index (χ3v) is 2.14. The monoisotopic (exact) mass is 244 g/mol. The summed E-state index contributed by atoms with van der Waals surface area (Å²) in [6.45, 7) is 5.20. The van der Waals surface area contributed by atoms with Crippen molar-refractivity contribution in [1.29, 1.82) is 0 Å². The van der Waals surface area contributed by atoms with Crippen LogP contribution in [0.5, 0.6) is 0 Å². The Labute approximate surface area is 101 Å². The van der Waals surface area contributed by atoms with Crippen LogP contribution in [-0.2, 0) is 19.1 Å². The number of hydrogen-bond acceptors (Lipinski definition) is 4. The molecule has 0 rings (SSSR count). The number of hydrogen-bond donors (Lipinski definition) is 1. The van der Waals surface area contributed by atoms with Gasteiger partial charge in [0.2, 0.25) is 11.8 Å². The Morgan fingerprint density at radius 3 is 2.35 bits per heavy atom. The van der Waals surface area contributed by atoms with Crippen molar-refractivity contribution in [2.45, 2.75) is 33.2 Å². The Hall–Kier alpha value is -1.59. The molecule has 0 aliphatic rings. The smallest absolute Gasteiger partial charge is 0.325 e. The van der Waals surface area contributed by atoms with Gasteiger partial charge in [-0.05, 0) is 13.3 Å². The van der Waals surface area contributed by atoms with E-state index in [1.807, 2.05) is 6.92 Å². The Morgan fingerprint density at radius 1 is 1.35 bits per heavy atom. The molecule has 0 radical (unpaired) electrons. The van der Waals surface area contributed by atoms with Crippen LogP contribution in [0, 0.1) is 0 Å². The van der Waals surface area contributed by atoms with Gasteiger partial charge in [-0.2, -0.15) is 0 Å². The summed E-state index contributed by atoms with van der Waals surface area (Å²) in [6.07, 6.45) is 0.732. The first kappa shape index (κ1) is 15.4. The average Bonchev–Trinajstić information content (AvgIpc) is 2.26. The molecule has 0 bridgehead atoms. The van der Waals surface area contributed by atoms with Crippen LogP contribution in [0.15, 0.2) is 0 Å². The molecule has 6 nitrogen and oxygen atoms in total. The van der Waals surface area contributed by atoms with E-state index in [1.165, 1.54) is 18.9 Å². The van der Waals surface area contributed by atoms with Crippen molar-refractivity contribution in [1.82, 2.24) is 10.2 Å². The molecule has 0 spiro atoms. The topological polar surface area (TPSA) is 75.7 Å². The van der Waals surface area contributed by atoms with E-state index in [4.69, 9.17) is 0 Å². The summed E-state index contributed by atoms with van der Waals surface area (Å²) in [6, 6.07) is -0.635. The number of ether oxygens (including phenoxy) is 1. The number of esters is 1. The van der Waals surface area contributed by atoms with Gasteiger partial charge in [-0.25, -0.2) is 0 Å². The van der Waals surface area contributed by atoms with Gasteiger partial charge in [-0.3, -0.25) is 14.4 Å². The highest BCUT2D eigenvalue weighted by molar-refractivity contribution is 5.88. The van der Waals surface area contributed by atoms with Crippen LogP contribution in [0.2, 0.25) is 0 Å². The molecule has 0 heterocycles. The molecule has 1 unspecified atom stereocenters. The highest BCUT2D eigenvalue weighted by Gasteiger charge is 2.22. The van der Waals surface area contributed by atoms with Crippen LogP contribution < -0.4 is 5.32 Å². The summed E-state index contributed by atoms with van der Waals surface area (Å²) in [7, 11) is 1.27. The summed E-state index contributed by atoms with van der Waals surface area (Å²) >= 11 is 0. The van der Waals surface area contributed by atoms with Crippen LogP contribution in [0.25, 0.3) is 0 Å². The van der Waals surface area contributed by atoms with Crippen LogP contribution in [0.1, 0.15) is 27.2 Å². The molecule has 0 aliphatic heterocycles. The van der Waals surface area contributed by atoms with E-state index in [9.17, 15) is 14.4 Å². The Balaban J connectivity index is 4.52. The molecule has 0 fully saturated rings. The number of carbonyl (C=O) groups excluding carboxylic acids is 3. The zero-order chi connectivity index (χ0) is 13.4. The van der Waals surface area contributed by atoms with E-state index < -0.39 is 12.0 Å². The Morgan fingerprint density at radius 2 is 1.94 bits per heavy atom. The maximum atomic E-state index is 11.9. The second-order valence-corrected chi connectivity index (χ2v) is 3.76. The third kappa shape index (κ3) is 5.89. The van der Waals surface area contributed by atoms with Gasteiger partial charge in [0.25, 0.3) is 0 Å². The van der Waals surface area contributed by atoms with Gasteiger partial charge < -0.3 is 15.0 Å². The fourth-order valence-corrected chi connectivity index (χ4v) is 1.40. The lowest BCUT2D eigenvalue weighted by Gasteiger charge is -2.24. The zero-order valence-corrected chi connectivity index (χ0v) is 10.8. The molecule has 1 atom stereocenters. The lowest BCUT2D eigenvalue weighted by atomic mass is 10.2. The van der Waals surface area contributed by atoms with Crippen molar-refractivity contribution in [2.24, 2.45) is 0 Å². The van der Waals surface area contributed by atoms with Crippen LogP contribution in [0.4, 0.5) is 0 Å². The van der Waals surface area contributed by atoms with E-state index >= 15 is 0 Å². The minimum Gasteiger partial charge on any atom is -0.468 e. The first-order valence-electron chi connectivity index (χ1n) is 5.55. The predicted molar refractivity (Wildman–Crippen MR) is 62.2 cm³/mol. The maximum absolute atomic E-state index is 11.9. The van der Waals surface area contributed by atoms with Crippen molar-refractivity contribution in [3.63, 3.8) is 0 Å². The van der Waals surface area contributed by atoms with E-state index in [0.29, 0.717) is 6.54 Å². The van der Waals surface area contributed by atoms with E-state index in [2.05, 4.69) is 10.1 Å². The third-order valence-electron chi connectivity index (χ3n) is 2.14. The molecular formula is C11H20N2O4. The van der Waals surface area contributed by atoms with Gasteiger partial charge in [-0.1, -0.05) is 6.92 Å². The quantitative estimate of drug-likeness (QED) is 0.663. The lowest BCUT2D eigenvalue weighted by molar-refractivity contribution is -0.147. The molecule has 0 aromatic carbocycles. The maximum Gasteiger partial charge on any atom is 0.325 e. The summed E-state index contributed by atoms with van der Waals surface area (Å²) < 4.78 is 4.52. The van der Waals surface area contributed by atoms with Gasteiger partial charge in [-0.15, -0.1) is 0 Å². The number of methoxy groups -OCH3 is 1. The van der Waals surface area contributed by atoms with Crippen molar-refractivity contribution >= 4 is 17.8 Å². The second kappa shape index (κ2) is 7.65. The van der Waals surface area contributed by atoms with Gasteiger partial charge in [0.15, 0.2) is 0 Å². The number of amides is 2. The van der Waals surface area contributed by atoms with Crippen LogP contribution >= 0.6 is 0 Å². The van der Waals surface area contributed by atoms with E-state index in [0.717, 1.165) is 6.42 Å². The largest absolute Gasteiger partial charge is 0.468 e. The SMILES string of the molecule is CCCN(CC(=O)OC)C(=O)C(C)NC(C)=O. The summed E-state index contributed by atoms with van der Waals surface area (Å²) in [5, 5.41) is 2.49. The molecule has 17 heavy (non-hydrogen) atoms. The van der Waals surface area contributed by atoms with Gasteiger partial charge in [0.05, 0.1) is 7.11 Å². The molecule has 6 heteroatoms. The molecule has 1 N–H and O–H groups in total.